The summed E-state index contributed by atoms with van der Waals surface area (Å²) in [5.41, 5.74) is 1.20. The van der Waals surface area contributed by atoms with Gasteiger partial charge in [0.15, 0.2) is 5.79 Å². The Balaban J connectivity index is 2.05. The highest BCUT2D eigenvalue weighted by Crippen LogP contribution is 2.32. The normalized spacial score (nSPS) is 25.4. The van der Waals surface area contributed by atoms with Gasteiger partial charge in [0.1, 0.15) is 5.78 Å². The molecule has 0 amide bonds. The Morgan fingerprint density at radius 3 is 2.55 bits per heavy atom. The zero-order valence-electron chi connectivity index (χ0n) is 20.0. The summed E-state index contributed by atoms with van der Waals surface area (Å²) in [6.07, 6.45) is 5.83. The first-order valence-corrected chi connectivity index (χ1v) is 12.0. The Labute approximate surface area is 188 Å². The van der Waals surface area contributed by atoms with Gasteiger partial charge in [-0.05, 0) is 57.4 Å². The number of hydrogen-bond donors (Lipinski definition) is 0. The highest BCUT2D eigenvalue weighted by Gasteiger charge is 2.38. The van der Waals surface area contributed by atoms with Crippen molar-refractivity contribution in [3.8, 4) is 0 Å². The Kier molecular flexibility index (Phi) is 10.3. The number of nitrogens with zero attached hydrogens (tertiary/aromatic N) is 1. The number of benzene rings is 1. The average Bonchev–Trinajstić information content (AvgIpc) is 2.78. The second-order valence-electron chi connectivity index (χ2n) is 9.58. The van der Waals surface area contributed by atoms with Crippen LogP contribution in [0.1, 0.15) is 78.7 Å². The number of carbonyl (C=O) groups excluding carboxylic acids is 1. The molecule has 2 rings (SSSR count). The van der Waals surface area contributed by atoms with E-state index in [1.54, 1.807) is 0 Å². The second-order valence-corrected chi connectivity index (χ2v) is 9.58. The maximum absolute atomic E-state index is 13.6. The molecule has 0 aromatic heterocycles. The first-order chi connectivity index (χ1) is 14.8. The average molecular weight is 432 g/mol. The Morgan fingerprint density at radius 1 is 1.19 bits per heavy atom. The van der Waals surface area contributed by atoms with E-state index in [1.807, 2.05) is 39.0 Å². The van der Waals surface area contributed by atoms with Crippen LogP contribution in [-0.4, -0.2) is 30.3 Å². The number of carbonyl (C=O) groups is 1. The van der Waals surface area contributed by atoms with Crippen molar-refractivity contribution in [2.75, 3.05) is 6.61 Å². The molecule has 1 saturated heterocycles. The van der Waals surface area contributed by atoms with Crippen molar-refractivity contribution < 1.29 is 14.3 Å². The number of ketones is 1. The molecule has 0 bridgehead atoms. The van der Waals surface area contributed by atoms with E-state index in [1.165, 1.54) is 5.56 Å². The number of Topliss-reactive ketones (excluding diaryl/α,β-unsaturated/α-hetero) is 1. The highest BCUT2D eigenvalue weighted by molar-refractivity contribution is 5.84. The maximum atomic E-state index is 13.6. The van der Waals surface area contributed by atoms with Crippen LogP contribution in [0.25, 0.3) is 0 Å². The molecule has 1 aliphatic rings. The third kappa shape index (κ3) is 8.12. The minimum Gasteiger partial charge on any atom is -0.350 e. The lowest BCUT2D eigenvalue weighted by Crippen LogP contribution is -2.46. The lowest BCUT2D eigenvalue weighted by Gasteiger charge is -2.40. The highest BCUT2D eigenvalue weighted by atomic mass is 16.7. The molecule has 0 spiro atoms. The molecule has 1 aliphatic heterocycles. The molecule has 0 aliphatic carbocycles. The molecule has 6 unspecified atom stereocenters. The second kappa shape index (κ2) is 12.4. The van der Waals surface area contributed by atoms with E-state index in [4.69, 9.17) is 9.47 Å². The van der Waals surface area contributed by atoms with E-state index in [9.17, 15) is 9.70 Å². The fourth-order valence-electron chi connectivity index (χ4n) is 4.51. The minimum absolute atomic E-state index is 0.0339. The third-order valence-corrected chi connectivity index (χ3v) is 6.77. The van der Waals surface area contributed by atoms with Gasteiger partial charge >= 0.3 is 0 Å². The summed E-state index contributed by atoms with van der Waals surface area (Å²) in [6, 6.07) is 10.2. The standard InChI is InChI=1S/C26H41NO4/c1-6-26(5)30-16-15-24(31-26)21(4)25(28)23(18-22-13-8-7-9-14-22)17-19(2)11-10-12-20(3)27-29/h7-9,13-14,19-21,23-24H,6,10-12,15-18H2,1-5H3. The molecule has 1 aromatic rings. The number of ether oxygens (including phenoxy) is 2. The number of nitroso groups, excluding NO2 is 1. The Hall–Kier alpha value is -1.59. The lowest BCUT2D eigenvalue weighted by atomic mass is 9.79. The van der Waals surface area contributed by atoms with E-state index in [2.05, 4.69) is 31.2 Å². The molecule has 1 aromatic carbocycles. The summed E-state index contributed by atoms with van der Waals surface area (Å²) in [6.45, 7) is 10.8. The van der Waals surface area contributed by atoms with Crippen molar-refractivity contribution >= 4 is 5.78 Å². The van der Waals surface area contributed by atoms with Crippen molar-refractivity contribution in [2.24, 2.45) is 22.9 Å². The van der Waals surface area contributed by atoms with Crippen LogP contribution in [-0.2, 0) is 20.7 Å². The van der Waals surface area contributed by atoms with E-state index < -0.39 is 5.79 Å². The predicted octanol–water partition coefficient (Wildman–Crippen LogP) is 6.33. The minimum atomic E-state index is -0.594. The van der Waals surface area contributed by atoms with Crippen LogP contribution in [0.15, 0.2) is 35.5 Å². The number of rotatable bonds is 13. The van der Waals surface area contributed by atoms with E-state index in [0.717, 1.165) is 44.9 Å². The molecule has 174 valence electrons. The van der Waals surface area contributed by atoms with Gasteiger partial charge in [-0.3, -0.25) is 4.79 Å². The van der Waals surface area contributed by atoms with Crippen LogP contribution in [0.4, 0.5) is 0 Å². The quantitative estimate of drug-likeness (QED) is 0.342. The third-order valence-electron chi connectivity index (χ3n) is 6.77. The van der Waals surface area contributed by atoms with E-state index in [-0.39, 0.29) is 24.0 Å². The molecular formula is C26H41NO4. The summed E-state index contributed by atoms with van der Waals surface area (Å²) >= 11 is 0. The summed E-state index contributed by atoms with van der Waals surface area (Å²) in [5, 5.41) is 3.10. The van der Waals surface area contributed by atoms with Crippen LogP contribution in [0.5, 0.6) is 0 Å². The van der Waals surface area contributed by atoms with Crippen molar-refractivity contribution in [1.82, 2.24) is 0 Å². The lowest BCUT2D eigenvalue weighted by molar-refractivity contribution is -0.290. The predicted molar refractivity (Wildman–Crippen MR) is 125 cm³/mol. The molecule has 1 heterocycles. The van der Waals surface area contributed by atoms with Gasteiger partial charge in [-0.1, -0.05) is 69.1 Å². The molecular weight excluding hydrogens is 390 g/mol. The van der Waals surface area contributed by atoms with E-state index >= 15 is 0 Å². The summed E-state index contributed by atoms with van der Waals surface area (Å²) < 4.78 is 12.0. The van der Waals surface area contributed by atoms with Gasteiger partial charge in [0.05, 0.1) is 18.8 Å². The largest absolute Gasteiger partial charge is 0.350 e. The van der Waals surface area contributed by atoms with Gasteiger partial charge in [-0.2, -0.15) is 4.91 Å². The molecule has 0 N–H and O–H groups in total. The van der Waals surface area contributed by atoms with Crippen molar-refractivity contribution in [3.05, 3.63) is 40.8 Å². The fraction of sp³-hybridized carbons (Fsp3) is 0.731. The van der Waals surface area contributed by atoms with E-state index in [0.29, 0.717) is 18.3 Å². The SMILES string of the molecule is CCC1(C)OCCC(C(C)C(=O)C(Cc2ccccc2)CC(C)CCCC(C)N=O)O1. The van der Waals surface area contributed by atoms with Gasteiger partial charge in [0, 0.05) is 11.8 Å². The Bertz CT molecular complexity index is 679. The molecule has 0 saturated carbocycles. The van der Waals surface area contributed by atoms with Gasteiger partial charge in [-0.25, -0.2) is 0 Å². The first-order valence-electron chi connectivity index (χ1n) is 12.0. The van der Waals surface area contributed by atoms with Crippen molar-refractivity contribution in [2.45, 2.75) is 97.5 Å². The van der Waals surface area contributed by atoms with Crippen LogP contribution < -0.4 is 0 Å². The number of hydrogen-bond acceptors (Lipinski definition) is 5. The van der Waals surface area contributed by atoms with Crippen LogP contribution >= 0.6 is 0 Å². The molecule has 6 atom stereocenters. The van der Waals surface area contributed by atoms with Crippen LogP contribution in [0.3, 0.4) is 0 Å². The molecule has 5 nitrogen and oxygen atoms in total. The zero-order chi connectivity index (χ0) is 22.9. The maximum Gasteiger partial charge on any atom is 0.165 e. The van der Waals surface area contributed by atoms with Crippen LogP contribution in [0, 0.1) is 22.7 Å². The van der Waals surface area contributed by atoms with Gasteiger partial charge in [0.25, 0.3) is 0 Å². The Morgan fingerprint density at radius 2 is 1.90 bits per heavy atom. The molecule has 5 heteroatoms. The van der Waals surface area contributed by atoms with Gasteiger partial charge in [-0.15, -0.1) is 0 Å². The summed E-state index contributed by atoms with van der Waals surface area (Å²) in [5.74, 6) is -0.0734. The van der Waals surface area contributed by atoms with Gasteiger partial charge < -0.3 is 9.47 Å². The zero-order valence-corrected chi connectivity index (χ0v) is 20.0. The molecule has 31 heavy (non-hydrogen) atoms. The monoisotopic (exact) mass is 431 g/mol. The van der Waals surface area contributed by atoms with Crippen LogP contribution in [0.2, 0.25) is 0 Å². The van der Waals surface area contributed by atoms with Gasteiger partial charge in [0.2, 0.25) is 0 Å². The van der Waals surface area contributed by atoms with Crippen molar-refractivity contribution in [3.63, 3.8) is 0 Å². The van der Waals surface area contributed by atoms with Crippen molar-refractivity contribution in [1.29, 1.82) is 0 Å². The smallest absolute Gasteiger partial charge is 0.165 e. The summed E-state index contributed by atoms with van der Waals surface area (Å²) in [7, 11) is 0. The first kappa shape index (κ1) is 25.7. The molecule has 0 radical (unpaired) electrons. The molecule has 1 fully saturated rings. The summed E-state index contributed by atoms with van der Waals surface area (Å²) in [4.78, 5) is 24.3. The topological polar surface area (TPSA) is 65.0 Å². The fourth-order valence-corrected chi connectivity index (χ4v) is 4.51.